The molecule has 178 valence electrons. The van der Waals surface area contributed by atoms with Crippen molar-refractivity contribution in [2.24, 2.45) is 0 Å². The molecule has 1 unspecified atom stereocenters. The third-order valence-corrected chi connectivity index (χ3v) is 6.51. The Kier molecular flexibility index (Phi) is 7.27. The number of hydrogen-bond acceptors (Lipinski definition) is 5. The van der Waals surface area contributed by atoms with Crippen LogP contribution in [0.2, 0.25) is 0 Å². The van der Waals surface area contributed by atoms with Crippen LogP contribution in [0.5, 0.6) is 5.75 Å². The Morgan fingerprint density at radius 1 is 0.886 bits per heavy atom. The number of anilines is 1. The molecule has 1 atom stereocenters. The predicted octanol–water partition coefficient (Wildman–Crippen LogP) is 6.72. The van der Waals surface area contributed by atoms with Crippen LogP contribution in [0.25, 0.3) is 22.3 Å². The van der Waals surface area contributed by atoms with E-state index in [-0.39, 0.29) is 11.4 Å². The van der Waals surface area contributed by atoms with Gasteiger partial charge in [-0.25, -0.2) is 9.18 Å². The highest BCUT2D eigenvalue weighted by molar-refractivity contribution is 7.17. The number of amides is 1. The van der Waals surface area contributed by atoms with Crippen LogP contribution >= 0.6 is 11.3 Å². The van der Waals surface area contributed by atoms with E-state index >= 15 is 0 Å². The molecule has 0 aliphatic carbocycles. The molecule has 0 aliphatic heterocycles. The Balaban J connectivity index is 1.52. The summed E-state index contributed by atoms with van der Waals surface area (Å²) in [5.74, 6) is -0.823. The molecule has 0 saturated carbocycles. The van der Waals surface area contributed by atoms with E-state index in [2.05, 4.69) is 5.32 Å². The van der Waals surface area contributed by atoms with Gasteiger partial charge in [-0.2, -0.15) is 0 Å². The number of esters is 1. The largest absolute Gasteiger partial charge is 0.481 e. The zero-order valence-corrected chi connectivity index (χ0v) is 20.3. The van der Waals surface area contributed by atoms with Gasteiger partial charge in [-0.1, -0.05) is 54.6 Å². The monoisotopic (exact) mass is 489 g/mol. The van der Waals surface area contributed by atoms with Crippen molar-refractivity contribution in [3.8, 4) is 28.0 Å². The van der Waals surface area contributed by atoms with Gasteiger partial charge in [0.25, 0.3) is 5.91 Å². The van der Waals surface area contributed by atoms with Crippen molar-refractivity contribution in [2.75, 3.05) is 12.4 Å². The van der Waals surface area contributed by atoms with Crippen molar-refractivity contribution in [1.29, 1.82) is 0 Å². The van der Waals surface area contributed by atoms with Crippen LogP contribution in [0.4, 0.5) is 9.39 Å². The number of methoxy groups -OCH3 is 1. The van der Waals surface area contributed by atoms with Gasteiger partial charge in [-0.15, -0.1) is 11.3 Å². The second-order valence-corrected chi connectivity index (χ2v) is 9.10. The van der Waals surface area contributed by atoms with Gasteiger partial charge in [0, 0.05) is 10.4 Å². The first-order valence-corrected chi connectivity index (χ1v) is 11.8. The highest BCUT2D eigenvalue weighted by atomic mass is 32.1. The van der Waals surface area contributed by atoms with Crippen LogP contribution < -0.4 is 10.1 Å². The lowest BCUT2D eigenvalue weighted by molar-refractivity contribution is -0.122. The maximum Gasteiger partial charge on any atom is 0.341 e. The summed E-state index contributed by atoms with van der Waals surface area (Å²) < 4.78 is 24.2. The van der Waals surface area contributed by atoms with E-state index in [0.29, 0.717) is 21.9 Å². The summed E-state index contributed by atoms with van der Waals surface area (Å²) in [5, 5.41) is 3.16. The summed E-state index contributed by atoms with van der Waals surface area (Å²) in [7, 11) is 1.28. The van der Waals surface area contributed by atoms with Crippen molar-refractivity contribution in [3.63, 3.8) is 0 Å². The fourth-order valence-electron chi connectivity index (χ4n) is 3.72. The topological polar surface area (TPSA) is 64.6 Å². The van der Waals surface area contributed by atoms with Crippen molar-refractivity contribution >= 4 is 28.2 Å². The molecule has 35 heavy (non-hydrogen) atoms. The molecular weight excluding hydrogens is 465 g/mol. The van der Waals surface area contributed by atoms with Crippen LogP contribution in [0.3, 0.4) is 0 Å². The fourth-order valence-corrected chi connectivity index (χ4v) is 4.79. The number of aryl methyl sites for hydroxylation is 1. The molecule has 0 aliphatic rings. The van der Waals surface area contributed by atoms with Gasteiger partial charge in [0.1, 0.15) is 22.1 Å². The third kappa shape index (κ3) is 5.41. The number of carbonyl (C=O) groups excluding carboxylic acids is 2. The van der Waals surface area contributed by atoms with E-state index in [4.69, 9.17) is 9.47 Å². The molecular formula is C28H24FNO4S. The Bertz CT molecular complexity index is 1330. The summed E-state index contributed by atoms with van der Waals surface area (Å²) in [6.45, 7) is 3.47. The van der Waals surface area contributed by atoms with E-state index in [0.717, 1.165) is 16.0 Å². The molecule has 3 aromatic carbocycles. The Morgan fingerprint density at radius 3 is 2.11 bits per heavy atom. The number of benzene rings is 3. The number of rotatable bonds is 7. The van der Waals surface area contributed by atoms with Crippen LogP contribution in [-0.4, -0.2) is 25.1 Å². The summed E-state index contributed by atoms with van der Waals surface area (Å²) in [6, 6.07) is 23.3. The van der Waals surface area contributed by atoms with Gasteiger partial charge >= 0.3 is 5.97 Å². The number of carbonyl (C=O) groups is 2. The highest BCUT2D eigenvalue weighted by Crippen LogP contribution is 2.40. The van der Waals surface area contributed by atoms with Crippen molar-refractivity contribution in [2.45, 2.75) is 20.0 Å². The highest BCUT2D eigenvalue weighted by Gasteiger charge is 2.26. The maximum atomic E-state index is 13.4. The quantitative estimate of drug-likeness (QED) is 0.293. The number of halogens is 1. The summed E-state index contributed by atoms with van der Waals surface area (Å²) in [5.41, 5.74) is 3.62. The number of ether oxygens (including phenoxy) is 2. The molecule has 0 saturated heterocycles. The molecule has 5 nitrogen and oxygen atoms in total. The zero-order valence-electron chi connectivity index (χ0n) is 19.5. The van der Waals surface area contributed by atoms with Gasteiger partial charge in [0.2, 0.25) is 0 Å². The Morgan fingerprint density at radius 2 is 1.49 bits per heavy atom. The second kappa shape index (κ2) is 10.5. The lowest BCUT2D eigenvalue weighted by atomic mass is 10.0. The van der Waals surface area contributed by atoms with Crippen molar-refractivity contribution in [1.82, 2.24) is 0 Å². The molecule has 1 amide bonds. The maximum absolute atomic E-state index is 13.4. The van der Waals surface area contributed by atoms with Gasteiger partial charge < -0.3 is 14.8 Å². The SMILES string of the molecule is COC(=O)c1c(NC(=O)C(C)Oc2ccc(-c3ccccc3)cc2)sc(C)c1-c1ccc(F)cc1. The first-order chi connectivity index (χ1) is 16.9. The molecule has 0 bridgehead atoms. The van der Waals surface area contributed by atoms with Gasteiger partial charge in [-0.3, -0.25) is 4.79 Å². The van der Waals surface area contributed by atoms with Crippen LogP contribution in [0.1, 0.15) is 22.2 Å². The molecule has 4 rings (SSSR count). The second-order valence-electron chi connectivity index (χ2n) is 7.88. The number of hydrogen-bond donors (Lipinski definition) is 1. The molecule has 1 heterocycles. The summed E-state index contributed by atoms with van der Waals surface area (Å²) >= 11 is 1.25. The third-order valence-electron chi connectivity index (χ3n) is 5.49. The molecule has 0 fully saturated rings. The van der Waals surface area contributed by atoms with E-state index in [9.17, 15) is 14.0 Å². The number of thiophene rings is 1. The molecule has 4 aromatic rings. The lowest BCUT2D eigenvalue weighted by Gasteiger charge is -2.15. The van der Waals surface area contributed by atoms with Crippen LogP contribution in [0, 0.1) is 12.7 Å². The standard InChI is InChI=1S/C28H24FNO4S/c1-17(34-23-15-11-20(12-16-23)19-7-5-4-6-8-19)26(31)30-27-25(28(32)33-3)24(18(2)35-27)21-9-13-22(29)14-10-21/h4-17H,1-3H3,(H,30,31). The van der Waals surface area contributed by atoms with Crippen LogP contribution in [-0.2, 0) is 9.53 Å². The molecule has 1 aromatic heterocycles. The first-order valence-electron chi connectivity index (χ1n) is 11.0. The smallest absolute Gasteiger partial charge is 0.341 e. The Labute approximate surface area is 207 Å². The normalized spacial score (nSPS) is 11.5. The lowest BCUT2D eigenvalue weighted by Crippen LogP contribution is -2.30. The Hall–Kier alpha value is -3.97. The van der Waals surface area contributed by atoms with Crippen molar-refractivity contribution < 1.29 is 23.5 Å². The van der Waals surface area contributed by atoms with Gasteiger partial charge in [0.05, 0.1) is 7.11 Å². The van der Waals surface area contributed by atoms with E-state index in [1.54, 1.807) is 19.1 Å². The van der Waals surface area contributed by atoms with Gasteiger partial charge in [-0.05, 0) is 54.8 Å². The van der Waals surface area contributed by atoms with E-state index in [1.165, 1.54) is 30.6 Å². The van der Waals surface area contributed by atoms with Crippen LogP contribution in [0.15, 0.2) is 78.9 Å². The average Bonchev–Trinajstić information content (AvgIpc) is 3.20. The summed E-state index contributed by atoms with van der Waals surface area (Å²) in [6.07, 6.45) is -0.820. The van der Waals surface area contributed by atoms with Crippen molar-refractivity contribution in [3.05, 3.63) is 95.1 Å². The molecule has 7 heteroatoms. The summed E-state index contributed by atoms with van der Waals surface area (Å²) in [4.78, 5) is 26.4. The van der Waals surface area contributed by atoms with Gasteiger partial charge in [0.15, 0.2) is 6.10 Å². The van der Waals surface area contributed by atoms with E-state index in [1.807, 2.05) is 61.5 Å². The minimum absolute atomic E-state index is 0.231. The fraction of sp³-hybridized carbons (Fsp3) is 0.143. The average molecular weight is 490 g/mol. The molecule has 0 radical (unpaired) electrons. The first kappa shape index (κ1) is 24.2. The van der Waals surface area contributed by atoms with E-state index < -0.39 is 18.0 Å². The minimum Gasteiger partial charge on any atom is -0.481 e. The molecule has 0 spiro atoms. The number of nitrogens with one attached hydrogen (secondary N) is 1. The molecule has 1 N–H and O–H groups in total. The zero-order chi connectivity index (χ0) is 24.9. The predicted molar refractivity (Wildman–Crippen MR) is 136 cm³/mol. The minimum atomic E-state index is -0.820.